The lowest BCUT2D eigenvalue weighted by Crippen LogP contribution is -2.47. The molecule has 0 atom stereocenters. The van der Waals surface area contributed by atoms with Crippen molar-refractivity contribution in [2.75, 3.05) is 6.61 Å². The van der Waals surface area contributed by atoms with Gasteiger partial charge in [-0.1, -0.05) is 13.8 Å². The Bertz CT molecular complexity index is 224. The number of nitrogens with zero attached hydrogens (tertiary/aromatic N) is 1. The number of hydrogen-bond donors (Lipinski definition) is 1. The van der Waals surface area contributed by atoms with Gasteiger partial charge in [0, 0.05) is 18.6 Å². The molecule has 0 aliphatic carbocycles. The van der Waals surface area contributed by atoms with E-state index in [0.29, 0.717) is 19.3 Å². The second-order valence-electron chi connectivity index (χ2n) is 4.75. The van der Waals surface area contributed by atoms with Crippen molar-refractivity contribution in [1.29, 1.82) is 0 Å². The number of imide groups is 1. The van der Waals surface area contributed by atoms with Crippen molar-refractivity contribution < 1.29 is 14.7 Å². The summed E-state index contributed by atoms with van der Waals surface area (Å²) in [6.07, 6.45) is 1.31. The summed E-state index contributed by atoms with van der Waals surface area (Å²) in [6, 6.07) is 0. The van der Waals surface area contributed by atoms with Crippen LogP contribution in [-0.4, -0.2) is 34.5 Å². The lowest BCUT2D eigenvalue weighted by atomic mass is 9.97. The van der Waals surface area contributed by atoms with Gasteiger partial charge in [-0.25, -0.2) is 0 Å². The Morgan fingerprint density at radius 3 is 2.33 bits per heavy atom. The summed E-state index contributed by atoms with van der Waals surface area (Å²) in [6.45, 7) is 7.37. The van der Waals surface area contributed by atoms with Crippen molar-refractivity contribution in [1.82, 2.24) is 4.90 Å². The van der Waals surface area contributed by atoms with E-state index >= 15 is 0 Å². The van der Waals surface area contributed by atoms with Gasteiger partial charge in [-0.2, -0.15) is 0 Å². The number of aliphatic hydroxyl groups is 1. The number of carbonyl (C=O) groups is 2. The summed E-state index contributed by atoms with van der Waals surface area (Å²) in [5.74, 6) is 0.0447. The van der Waals surface area contributed by atoms with Crippen LogP contribution >= 0.6 is 0 Å². The van der Waals surface area contributed by atoms with Crippen LogP contribution in [-0.2, 0) is 9.59 Å². The number of amides is 2. The summed E-state index contributed by atoms with van der Waals surface area (Å²) >= 11 is 0. The minimum atomic E-state index is -0.609. The van der Waals surface area contributed by atoms with E-state index < -0.39 is 5.54 Å². The van der Waals surface area contributed by atoms with Gasteiger partial charge in [-0.15, -0.1) is 0 Å². The van der Waals surface area contributed by atoms with E-state index in [1.54, 1.807) is 13.8 Å². The molecule has 0 saturated carbocycles. The predicted octanol–water partition coefficient (Wildman–Crippen LogP) is 1.18. The van der Waals surface area contributed by atoms with Gasteiger partial charge in [0.1, 0.15) is 0 Å². The fourth-order valence-electron chi connectivity index (χ4n) is 1.38. The van der Waals surface area contributed by atoms with Gasteiger partial charge in [0.25, 0.3) is 0 Å². The average molecular weight is 215 g/mol. The molecule has 0 aromatic carbocycles. The second kappa shape index (κ2) is 5.85. The first-order valence-electron chi connectivity index (χ1n) is 5.23. The largest absolute Gasteiger partial charge is 0.396 e. The first kappa shape index (κ1) is 14.1. The van der Waals surface area contributed by atoms with Crippen LogP contribution in [0.1, 0.15) is 40.5 Å². The third-order valence-electron chi connectivity index (χ3n) is 2.33. The minimum Gasteiger partial charge on any atom is -0.396 e. The van der Waals surface area contributed by atoms with Crippen LogP contribution in [0.5, 0.6) is 0 Å². The molecule has 0 bridgehead atoms. The highest BCUT2D eigenvalue weighted by molar-refractivity contribution is 5.87. The molecule has 2 amide bonds. The molecular formula is C11H21NO3. The second-order valence-corrected chi connectivity index (χ2v) is 4.75. The average Bonchev–Trinajstić information content (AvgIpc) is 2.02. The molecule has 0 aliphatic rings. The van der Waals surface area contributed by atoms with Crippen LogP contribution in [0.3, 0.4) is 0 Å². The third kappa shape index (κ3) is 4.42. The molecule has 0 aromatic heterocycles. The highest BCUT2D eigenvalue weighted by atomic mass is 16.3. The van der Waals surface area contributed by atoms with Crippen molar-refractivity contribution in [2.24, 2.45) is 5.92 Å². The maximum Gasteiger partial charge on any atom is 0.229 e. The monoisotopic (exact) mass is 215 g/mol. The molecule has 0 aliphatic heterocycles. The third-order valence-corrected chi connectivity index (χ3v) is 2.33. The first-order chi connectivity index (χ1) is 6.85. The van der Waals surface area contributed by atoms with E-state index in [4.69, 9.17) is 5.11 Å². The molecule has 0 unspecified atom stereocenters. The molecule has 4 heteroatoms. The van der Waals surface area contributed by atoms with Gasteiger partial charge in [-0.05, 0) is 26.2 Å². The molecule has 0 heterocycles. The highest BCUT2D eigenvalue weighted by Crippen LogP contribution is 2.19. The molecule has 0 saturated heterocycles. The lowest BCUT2D eigenvalue weighted by molar-refractivity contribution is -0.145. The summed E-state index contributed by atoms with van der Waals surface area (Å²) < 4.78 is 0. The van der Waals surface area contributed by atoms with Crippen molar-refractivity contribution in [2.45, 2.75) is 46.1 Å². The highest BCUT2D eigenvalue weighted by Gasteiger charge is 2.30. The van der Waals surface area contributed by atoms with E-state index in [-0.39, 0.29) is 18.4 Å². The minimum absolute atomic E-state index is 0.0354. The van der Waals surface area contributed by atoms with Crippen LogP contribution in [0.15, 0.2) is 0 Å². The van der Waals surface area contributed by atoms with Crippen molar-refractivity contribution in [3.63, 3.8) is 0 Å². The van der Waals surface area contributed by atoms with Crippen LogP contribution < -0.4 is 0 Å². The normalized spacial score (nSPS) is 11.6. The van der Waals surface area contributed by atoms with Crippen LogP contribution in [0.2, 0.25) is 0 Å². The molecular weight excluding hydrogens is 194 g/mol. The smallest absolute Gasteiger partial charge is 0.229 e. The van der Waals surface area contributed by atoms with Gasteiger partial charge >= 0.3 is 0 Å². The van der Waals surface area contributed by atoms with E-state index in [2.05, 4.69) is 0 Å². The zero-order chi connectivity index (χ0) is 12.1. The topological polar surface area (TPSA) is 57.6 Å². The Kier molecular flexibility index (Phi) is 5.50. The maximum absolute atomic E-state index is 11.7. The number of aliphatic hydroxyl groups excluding tert-OH is 1. The molecule has 15 heavy (non-hydrogen) atoms. The zero-order valence-electron chi connectivity index (χ0n) is 9.99. The molecule has 4 nitrogen and oxygen atoms in total. The molecule has 88 valence electrons. The van der Waals surface area contributed by atoms with Crippen molar-refractivity contribution >= 4 is 12.3 Å². The number of hydrogen-bond acceptors (Lipinski definition) is 3. The quantitative estimate of drug-likeness (QED) is 0.677. The Hall–Kier alpha value is -0.900. The fraction of sp³-hybridized carbons (Fsp3) is 0.818. The van der Waals surface area contributed by atoms with Crippen molar-refractivity contribution in [3.8, 4) is 0 Å². The number of rotatable bonds is 6. The maximum atomic E-state index is 11.7. The molecule has 1 N–H and O–H groups in total. The lowest BCUT2D eigenvalue weighted by Gasteiger charge is -2.34. The molecule has 0 aromatic rings. The van der Waals surface area contributed by atoms with Crippen LogP contribution in [0.4, 0.5) is 0 Å². The summed E-state index contributed by atoms with van der Waals surface area (Å²) in [5, 5.41) is 8.86. The van der Waals surface area contributed by atoms with Gasteiger partial charge in [0.2, 0.25) is 12.3 Å². The van der Waals surface area contributed by atoms with E-state index in [1.165, 1.54) is 4.90 Å². The van der Waals surface area contributed by atoms with Gasteiger partial charge in [-0.3, -0.25) is 14.5 Å². The predicted molar refractivity (Wildman–Crippen MR) is 58.1 cm³/mol. The summed E-state index contributed by atoms with van der Waals surface area (Å²) in [5.41, 5.74) is -0.609. The Balaban J connectivity index is 4.60. The Labute approximate surface area is 91.3 Å². The Morgan fingerprint density at radius 1 is 1.47 bits per heavy atom. The van der Waals surface area contributed by atoms with Crippen molar-refractivity contribution in [3.05, 3.63) is 0 Å². The SMILES string of the molecule is CC(C)CC(=O)N(C=O)C(C)(C)CCO. The zero-order valence-corrected chi connectivity index (χ0v) is 9.99. The van der Waals surface area contributed by atoms with Gasteiger partial charge in [0.05, 0.1) is 0 Å². The molecule has 0 rings (SSSR count). The standard InChI is InChI=1S/C11H21NO3/c1-9(2)7-10(15)12(8-14)11(3,4)5-6-13/h8-9,13H,5-7H2,1-4H3. The molecule has 0 spiro atoms. The van der Waals surface area contributed by atoms with Gasteiger partial charge < -0.3 is 5.11 Å². The molecule has 0 radical (unpaired) electrons. The summed E-state index contributed by atoms with van der Waals surface area (Å²) in [4.78, 5) is 23.8. The fourth-order valence-corrected chi connectivity index (χ4v) is 1.38. The van der Waals surface area contributed by atoms with E-state index in [9.17, 15) is 9.59 Å². The molecule has 0 fully saturated rings. The van der Waals surface area contributed by atoms with E-state index in [1.807, 2.05) is 13.8 Å². The van der Waals surface area contributed by atoms with Crippen LogP contribution in [0.25, 0.3) is 0 Å². The van der Waals surface area contributed by atoms with E-state index in [0.717, 1.165) is 0 Å². The summed E-state index contributed by atoms with van der Waals surface area (Å²) in [7, 11) is 0. The first-order valence-corrected chi connectivity index (χ1v) is 5.23. The Morgan fingerprint density at radius 2 is 2.00 bits per heavy atom. The van der Waals surface area contributed by atoms with Crippen LogP contribution in [0, 0.1) is 5.92 Å². The number of carbonyl (C=O) groups excluding carboxylic acids is 2. The van der Waals surface area contributed by atoms with Gasteiger partial charge in [0.15, 0.2) is 0 Å².